The standard InChI is InChI=1S/C22H21FN6O3S2/c1-13-11-19(25-14(2)24-13)28-34(31,32)16-9-7-15(8-10-16)26-20(30)12-29(3)22-27-21-17(23)5-4-6-18(21)33-22/h4-11H,12H2,1-3H3,(H,26,30)(H,24,25,28). The Morgan fingerprint density at radius 2 is 1.82 bits per heavy atom. The first-order chi connectivity index (χ1) is 16.1. The number of sulfonamides is 1. The van der Waals surface area contributed by atoms with E-state index in [1.54, 1.807) is 37.9 Å². The van der Waals surface area contributed by atoms with Gasteiger partial charge in [0.1, 0.15) is 23.0 Å². The maximum absolute atomic E-state index is 13.9. The number of anilines is 3. The van der Waals surface area contributed by atoms with E-state index in [0.29, 0.717) is 27.0 Å². The molecule has 9 nitrogen and oxygen atoms in total. The molecule has 4 rings (SSSR count). The number of para-hydroxylation sites is 1. The maximum atomic E-state index is 13.9. The van der Waals surface area contributed by atoms with E-state index < -0.39 is 15.8 Å². The first-order valence-electron chi connectivity index (χ1n) is 10.1. The molecule has 0 spiro atoms. The molecule has 0 aliphatic rings. The van der Waals surface area contributed by atoms with Gasteiger partial charge in [0.05, 0.1) is 16.1 Å². The summed E-state index contributed by atoms with van der Waals surface area (Å²) in [6.07, 6.45) is 0. The Morgan fingerprint density at radius 3 is 2.50 bits per heavy atom. The third-order valence-electron chi connectivity index (χ3n) is 4.72. The molecule has 0 bridgehead atoms. The van der Waals surface area contributed by atoms with E-state index in [-0.39, 0.29) is 28.7 Å². The van der Waals surface area contributed by atoms with Gasteiger partial charge in [0.25, 0.3) is 10.0 Å². The van der Waals surface area contributed by atoms with E-state index in [1.165, 1.54) is 47.7 Å². The van der Waals surface area contributed by atoms with Gasteiger partial charge in [-0.05, 0) is 50.2 Å². The Bertz CT molecular complexity index is 1450. The molecule has 34 heavy (non-hydrogen) atoms. The van der Waals surface area contributed by atoms with Gasteiger partial charge in [-0.25, -0.2) is 27.8 Å². The quantitative estimate of drug-likeness (QED) is 0.397. The van der Waals surface area contributed by atoms with Gasteiger partial charge in [0, 0.05) is 24.5 Å². The van der Waals surface area contributed by atoms with Crippen molar-refractivity contribution in [3.8, 4) is 0 Å². The number of carbonyl (C=O) groups excluding carboxylic acids is 1. The lowest BCUT2D eigenvalue weighted by molar-refractivity contribution is -0.114. The highest BCUT2D eigenvalue weighted by molar-refractivity contribution is 7.92. The number of nitrogens with zero attached hydrogens (tertiary/aromatic N) is 4. The molecule has 2 heterocycles. The Balaban J connectivity index is 1.40. The first kappa shape index (κ1) is 23.5. The van der Waals surface area contributed by atoms with Gasteiger partial charge in [0.2, 0.25) is 5.91 Å². The van der Waals surface area contributed by atoms with Crippen LogP contribution in [0.15, 0.2) is 53.4 Å². The van der Waals surface area contributed by atoms with Gasteiger partial charge < -0.3 is 10.2 Å². The Kier molecular flexibility index (Phi) is 6.44. The molecule has 1 amide bonds. The van der Waals surface area contributed by atoms with Crippen molar-refractivity contribution in [2.45, 2.75) is 18.7 Å². The van der Waals surface area contributed by atoms with Crippen molar-refractivity contribution in [2.24, 2.45) is 0 Å². The van der Waals surface area contributed by atoms with Crippen LogP contribution in [0, 0.1) is 19.7 Å². The lowest BCUT2D eigenvalue weighted by atomic mass is 10.3. The molecule has 2 aromatic carbocycles. The molecule has 0 unspecified atom stereocenters. The van der Waals surface area contributed by atoms with Gasteiger partial charge >= 0.3 is 0 Å². The van der Waals surface area contributed by atoms with Crippen LogP contribution >= 0.6 is 11.3 Å². The summed E-state index contributed by atoms with van der Waals surface area (Å²) in [5.74, 6) is -0.105. The van der Waals surface area contributed by atoms with Crippen molar-refractivity contribution in [1.29, 1.82) is 0 Å². The Labute approximate surface area is 199 Å². The van der Waals surface area contributed by atoms with Crippen LogP contribution in [0.1, 0.15) is 11.5 Å². The largest absolute Gasteiger partial charge is 0.342 e. The normalized spacial score (nSPS) is 11.4. The zero-order valence-corrected chi connectivity index (χ0v) is 20.2. The second-order valence-corrected chi connectivity index (χ2v) is 10.3. The average Bonchev–Trinajstić information content (AvgIpc) is 3.19. The van der Waals surface area contributed by atoms with Crippen molar-refractivity contribution in [3.05, 3.63) is 65.9 Å². The zero-order chi connectivity index (χ0) is 24.5. The molecule has 2 N–H and O–H groups in total. The Hall–Kier alpha value is -3.64. The number of thiazole rings is 1. The van der Waals surface area contributed by atoms with Crippen LogP contribution in [0.25, 0.3) is 10.2 Å². The van der Waals surface area contributed by atoms with Gasteiger partial charge in [-0.3, -0.25) is 9.52 Å². The minimum Gasteiger partial charge on any atom is -0.342 e. The van der Waals surface area contributed by atoms with E-state index in [2.05, 4.69) is 25.0 Å². The Morgan fingerprint density at radius 1 is 1.09 bits per heavy atom. The molecule has 12 heteroatoms. The summed E-state index contributed by atoms with van der Waals surface area (Å²) in [5, 5.41) is 3.23. The fraction of sp³-hybridized carbons (Fsp3) is 0.182. The minimum absolute atomic E-state index is 0.0184. The summed E-state index contributed by atoms with van der Waals surface area (Å²) >= 11 is 1.29. The van der Waals surface area contributed by atoms with E-state index in [9.17, 15) is 17.6 Å². The molecule has 0 saturated heterocycles. The van der Waals surface area contributed by atoms with E-state index in [0.717, 1.165) is 0 Å². The topological polar surface area (TPSA) is 117 Å². The predicted octanol–water partition coefficient (Wildman–Crippen LogP) is 3.72. The summed E-state index contributed by atoms with van der Waals surface area (Å²) < 4.78 is 42.3. The molecule has 2 aromatic heterocycles. The van der Waals surface area contributed by atoms with Crippen LogP contribution < -0.4 is 14.9 Å². The third kappa shape index (κ3) is 5.29. The number of nitrogens with one attached hydrogen (secondary N) is 2. The van der Waals surface area contributed by atoms with Crippen LogP contribution in [-0.2, 0) is 14.8 Å². The van der Waals surface area contributed by atoms with Crippen LogP contribution in [0.3, 0.4) is 0 Å². The van der Waals surface area contributed by atoms with Crippen LogP contribution in [0.2, 0.25) is 0 Å². The second-order valence-electron chi connectivity index (χ2n) is 7.56. The summed E-state index contributed by atoms with van der Waals surface area (Å²) in [5.41, 5.74) is 1.35. The number of aromatic nitrogens is 3. The van der Waals surface area contributed by atoms with Gasteiger partial charge in [0.15, 0.2) is 5.13 Å². The number of benzene rings is 2. The molecule has 0 aliphatic heterocycles. The van der Waals surface area contributed by atoms with E-state index in [1.807, 2.05) is 0 Å². The number of hydrogen-bond donors (Lipinski definition) is 2. The molecule has 4 aromatic rings. The smallest absolute Gasteiger partial charge is 0.263 e. The van der Waals surface area contributed by atoms with Crippen molar-refractivity contribution in [3.63, 3.8) is 0 Å². The van der Waals surface area contributed by atoms with Crippen molar-refractivity contribution < 1.29 is 17.6 Å². The molecule has 0 fully saturated rings. The third-order valence-corrected chi connectivity index (χ3v) is 7.22. The summed E-state index contributed by atoms with van der Waals surface area (Å²) in [4.78, 5) is 26.6. The number of carbonyl (C=O) groups is 1. The fourth-order valence-electron chi connectivity index (χ4n) is 3.23. The monoisotopic (exact) mass is 500 g/mol. The minimum atomic E-state index is -3.86. The van der Waals surface area contributed by atoms with Crippen molar-refractivity contribution in [2.75, 3.05) is 28.5 Å². The highest BCUT2D eigenvalue weighted by Gasteiger charge is 2.17. The molecule has 0 aliphatic carbocycles. The SMILES string of the molecule is Cc1cc(NS(=O)(=O)c2ccc(NC(=O)CN(C)c3nc4c(F)cccc4s3)cc2)nc(C)n1. The van der Waals surface area contributed by atoms with E-state index in [4.69, 9.17) is 0 Å². The highest BCUT2D eigenvalue weighted by atomic mass is 32.2. The van der Waals surface area contributed by atoms with Crippen molar-refractivity contribution in [1.82, 2.24) is 15.0 Å². The zero-order valence-electron chi connectivity index (χ0n) is 18.5. The molecule has 0 atom stereocenters. The summed E-state index contributed by atoms with van der Waals surface area (Å²) in [6.45, 7) is 3.40. The van der Waals surface area contributed by atoms with Crippen molar-refractivity contribution >= 4 is 54.1 Å². The average molecular weight is 501 g/mol. The molecule has 176 valence electrons. The van der Waals surface area contributed by atoms with Gasteiger partial charge in [-0.15, -0.1) is 0 Å². The summed E-state index contributed by atoms with van der Waals surface area (Å²) in [6, 6.07) is 12.0. The van der Waals surface area contributed by atoms with E-state index >= 15 is 0 Å². The lowest BCUT2D eigenvalue weighted by Gasteiger charge is -2.15. The highest BCUT2D eigenvalue weighted by Crippen LogP contribution is 2.29. The predicted molar refractivity (Wildman–Crippen MR) is 130 cm³/mol. The van der Waals surface area contributed by atoms with Gasteiger partial charge in [-0.1, -0.05) is 17.4 Å². The lowest BCUT2D eigenvalue weighted by Crippen LogP contribution is -2.29. The molecule has 0 radical (unpaired) electrons. The maximum Gasteiger partial charge on any atom is 0.263 e. The molecular weight excluding hydrogens is 479 g/mol. The number of halogens is 1. The van der Waals surface area contributed by atoms with Crippen LogP contribution in [-0.4, -0.2) is 42.9 Å². The number of likely N-dealkylation sites (N-methyl/N-ethyl adjacent to an activating group) is 1. The number of amides is 1. The molecular formula is C22H21FN6O3S2. The van der Waals surface area contributed by atoms with Crippen LogP contribution in [0.4, 0.5) is 21.0 Å². The second kappa shape index (κ2) is 9.31. The summed E-state index contributed by atoms with van der Waals surface area (Å²) in [7, 11) is -2.17. The number of fused-ring (bicyclic) bond motifs is 1. The fourth-order valence-corrected chi connectivity index (χ4v) is 5.17. The number of aryl methyl sites for hydroxylation is 2. The molecule has 0 saturated carbocycles. The number of hydrogen-bond acceptors (Lipinski definition) is 8. The van der Waals surface area contributed by atoms with Crippen LogP contribution in [0.5, 0.6) is 0 Å². The number of rotatable bonds is 7. The first-order valence-corrected chi connectivity index (χ1v) is 12.4. The van der Waals surface area contributed by atoms with Gasteiger partial charge in [-0.2, -0.15) is 0 Å².